The molecule has 2 aromatic carbocycles. The monoisotopic (exact) mass is 400 g/mol. The van der Waals surface area contributed by atoms with Crippen LogP contribution in [0.5, 0.6) is 5.75 Å². The first-order chi connectivity index (χ1) is 13.8. The molecular weight excluding hydrogens is 364 g/mol. The lowest BCUT2D eigenvalue weighted by molar-refractivity contribution is 0.0680. The van der Waals surface area contributed by atoms with Gasteiger partial charge >= 0.3 is 0 Å². The lowest BCUT2D eigenvalue weighted by atomic mass is 9.93. The summed E-state index contributed by atoms with van der Waals surface area (Å²) in [5, 5.41) is 28.6. The standard InChI is InChI=1S/C25H36O4/c1-19(9-5-4-8-14-25(2,3)28)23-10-6-7-11-24(23)29-18-20-12-13-21(16-26)22(15-20)17-27/h6-7,10-13,15,19,26-28H,4-5,8-9,14,16-18H2,1-3H3. The topological polar surface area (TPSA) is 69.9 Å². The third-order valence-corrected chi connectivity index (χ3v) is 5.38. The zero-order chi connectivity index (χ0) is 21.3. The van der Waals surface area contributed by atoms with Crippen LogP contribution in [0.4, 0.5) is 0 Å². The number of rotatable bonds is 12. The predicted molar refractivity (Wildman–Crippen MR) is 117 cm³/mol. The van der Waals surface area contributed by atoms with Crippen molar-refractivity contribution in [2.24, 2.45) is 0 Å². The molecule has 1 atom stereocenters. The maximum Gasteiger partial charge on any atom is 0.123 e. The van der Waals surface area contributed by atoms with Crippen LogP contribution in [0.3, 0.4) is 0 Å². The minimum absolute atomic E-state index is 0.0762. The molecule has 2 rings (SSSR count). The summed E-state index contributed by atoms with van der Waals surface area (Å²) in [4.78, 5) is 0. The molecule has 0 saturated carbocycles. The predicted octanol–water partition coefficient (Wildman–Crippen LogP) is 5.08. The molecule has 0 amide bonds. The number of ether oxygens (including phenoxy) is 1. The smallest absolute Gasteiger partial charge is 0.123 e. The van der Waals surface area contributed by atoms with Gasteiger partial charge in [0.05, 0.1) is 18.8 Å². The number of para-hydroxylation sites is 1. The minimum Gasteiger partial charge on any atom is -0.489 e. The Balaban J connectivity index is 1.92. The van der Waals surface area contributed by atoms with Gasteiger partial charge in [0.25, 0.3) is 0 Å². The fraction of sp³-hybridized carbons (Fsp3) is 0.520. The van der Waals surface area contributed by atoms with Crippen LogP contribution in [0.15, 0.2) is 42.5 Å². The molecule has 0 saturated heterocycles. The molecular formula is C25H36O4. The highest BCUT2D eigenvalue weighted by Gasteiger charge is 2.14. The van der Waals surface area contributed by atoms with Crippen molar-refractivity contribution in [2.75, 3.05) is 0 Å². The van der Waals surface area contributed by atoms with Gasteiger partial charge in [-0.3, -0.25) is 0 Å². The largest absolute Gasteiger partial charge is 0.489 e. The van der Waals surface area contributed by atoms with E-state index in [1.807, 2.05) is 50.2 Å². The van der Waals surface area contributed by atoms with Crippen LogP contribution in [-0.2, 0) is 19.8 Å². The first-order valence-electron chi connectivity index (χ1n) is 10.6. The number of aliphatic hydroxyl groups is 3. The van der Waals surface area contributed by atoms with Crippen molar-refractivity contribution < 1.29 is 20.1 Å². The summed E-state index contributed by atoms with van der Waals surface area (Å²) < 4.78 is 6.11. The lowest BCUT2D eigenvalue weighted by Crippen LogP contribution is -2.17. The van der Waals surface area contributed by atoms with E-state index in [9.17, 15) is 15.3 Å². The third-order valence-electron chi connectivity index (χ3n) is 5.38. The lowest BCUT2D eigenvalue weighted by Gasteiger charge is -2.19. The second-order valence-electron chi connectivity index (χ2n) is 8.56. The Kier molecular flexibility index (Phi) is 9.15. The van der Waals surface area contributed by atoms with Gasteiger partial charge < -0.3 is 20.1 Å². The van der Waals surface area contributed by atoms with Crippen molar-refractivity contribution in [2.45, 2.75) is 84.2 Å². The Morgan fingerprint density at radius 2 is 1.66 bits per heavy atom. The fourth-order valence-corrected chi connectivity index (χ4v) is 3.59. The number of hydrogen-bond donors (Lipinski definition) is 3. The van der Waals surface area contributed by atoms with Gasteiger partial charge in [0.2, 0.25) is 0 Å². The van der Waals surface area contributed by atoms with Gasteiger partial charge in [-0.25, -0.2) is 0 Å². The van der Waals surface area contributed by atoms with Crippen LogP contribution >= 0.6 is 0 Å². The quantitative estimate of drug-likeness (QED) is 0.435. The second-order valence-corrected chi connectivity index (χ2v) is 8.56. The molecule has 3 N–H and O–H groups in total. The van der Waals surface area contributed by atoms with Crippen molar-refractivity contribution in [3.8, 4) is 5.75 Å². The first kappa shape index (κ1) is 23.4. The van der Waals surface area contributed by atoms with E-state index in [0.29, 0.717) is 12.5 Å². The molecule has 0 aliphatic carbocycles. The van der Waals surface area contributed by atoms with E-state index in [-0.39, 0.29) is 13.2 Å². The molecule has 2 aromatic rings. The molecule has 0 bridgehead atoms. The van der Waals surface area contributed by atoms with Gasteiger partial charge in [-0.2, -0.15) is 0 Å². The average molecular weight is 401 g/mol. The zero-order valence-electron chi connectivity index (χ0n) is 18.0. The van der Waals surface area contributed by atoms with E-state index < -0.39 is 5.60 Å². The maximum atomic E-state index is 9.81. The Morgan fingerprint density at radius 3 is 2.34 bits per heavy atom. The first-order valence-corrected chi connectivity index (χ1v) is 10.6. The summed E-state index contributed by atoms with van der Waals surface area (Å²) in [5.74, 6) is 1.30. The second kappa shape index (κ2) is 11.3. The van der Waals surface area contributed by atoms with Gasteiger partial charge in [0.1, 0.15) is 12.4 Å². The summed E-state index contributed by atoms with van der Waals surface area (Å²) in [5.41, 5.74) is 3.10. The summed E-state index contributed by atoms with van der Waals surface area (Å²) in [6.45, 7) is 6.22. The number of unbranched alkanes of at least 4 members (excludes halogenated alkanes) is 2. The Hall–Kier alpha value is -1.88. The average Bonchev–Trinajstić information content (AvgIpc) is 2.71. The Bertz CT molecular complexity index is 749. The van der Waals surface area contributed by atoms with E-state index in [1.54, 1.807) is 0 Å². The molecule has 29 heavy (non-hydrogen) atoms. The van der Waals surface area contributed by atoms with Gasteiger partial charge in [0.15, 0.2) is 0 Å². The van der Waals surface area contributed by atoms with Crippen LogP contribution in [-0.4, -0.2) is 20.9 Å². The summed E-state index contributed by atoms with van der Waals surface area (Å²) >= 11 is 0. The van der Waals surface area contributed by atoms with Crippen LogP contribution in [0, 0.1) is 0 Å². The molecule has 1 unspecified atom stereocenters. The minimum atomic E-state index is -0.572. The van der Waals surface area contributed by atoms with Gasteiger partial charge in [-0.05, 0) is 67.0 Å². The van der Waals surface area contributed by atoms with Gasteiger partial charge in [-0.1, -0.05) is 56.5 Å². The number of hydrogen-bond acceptors (Lipinski definition) is 4. The molecule has 0 aromatic heterocycles. The summed E-state index contributed by atoms with van der Waals surface area (Å²) in [6.07, 6.45) is 5.23. The molecule has 0 aliphatic rings. The normalized spacial score (nSPS) is 12.8. The maximum absolute atomic E-state index is 9.81. The SMILES string of the molecule is CC(CCCCCC(C)(C)O)c1ccccc1OCc1ccc(CO)c(CO)c1. The van der Waals surface area contributed by atoms with Crippen molar-refractivity contribution in [3.63, 3.8) is 0 Å². The van der Waals surface area contributed by atoms with Crippen molar-refractivity contribution in [1.82, 2.24) is 0 Å². The van der Waals surface area contributed by atoms with Crippen LogP contribution in [0.25, 0.3) is 0 Å². The van der Waals surface area contributed by atoms with E-state index in [2.05, 4.69) is 13.0 Å². The number of aliphatic hydroxyl groups excluding tert-OH is 2. The molecule has 4 nitrogen and oxygen atoms in total. The zero-order valence-corrected chi connectivity index (χ0v) is 18.0. The highest BCUT2D eigenvalue weighted by molar-refractivity contribution is 5.37. The van der Waals surface area contributed by atoms with E-state index in [1.165, 1.54) is 5.56 Å². The van der Waals surface area contributed by atoms with E-state index in [4.69, 9.17) is 4.74 Å². The fourth-order valence-electron chi connectivity index (χ4n) is 3.59. The highest BCUT2D eigenvalue weighted by atomic mass is 16.5. The van der Waals surface area contributed by atoms with E-state index >= 15 is 0 Å². The molecule has 0 fully saturated rings. The summed E-state index contributed by atoms with van der Waals surface area (Å²) in [6, 6.07) is 13.8. The van der Waals surface area contributed by atoms with Gasteiger partial charge in [0, 0.05) is 0 Å². The Morgan fingerprint density at radius 1 is 0.931 bits per heavy atom. The molecule has 0 heterocycles. The molecule has 0 spiro atoms. The molecule has 0 radical (unpaired) electrons. The summed E-state index contributed by atoms with van der Waals surface area (Å²) in [7, 11) is 0. The third kappa shape index (κ3) is 7.81. The van der Waals surface area contributed by atoms with Crippen LogP contribution < -0.4 is 4.74 Å². The van der Waals surface area contributed by atoms with Crippen molar-refractivity contribution >= 4 is 0 Å². The molecule has 4 heteroatoms. The highest BCUT2D eigenvalue weighted by Crippen LogP contribution is 2.31. The van der Waals surface area contributed by atoms with Crippen LogP contribution in [0.1, 0.15) is 81.0 Å². The van der Waals surface area contributed by atoms with Crippen LogP contribution in [0.2, 0.25) is 0 Å². The molecule has 0 aliphatic heterocycles. The Labute approximate surface area is 175 Å². The van der Waals surface area contributed by atoms with Crippen molar-refractivity contribution in [3.05, 3.63) is 64.7 Å². The molecule has 160 valence electrons. The van der Waals surface area contributed by atoms with Gasteiger partial charge in [-0.15, -0.1) is 0 Å². The van der Waals surface area contributed by atoms with E-state index in [0.717, 1.165) is 54.5 Å². The number of benzene rings is 2. The van der Waals surface area contributed by atoms with Crippen molar-refractivity contribution in [1.29, 1.82) is 0 Å².